The van der Waals surface area contributed by atoms with Crippen molar-refractivity contribution < 1.29 is 43.6 Å². The van der Waals surface area contributed by atoms with Crippen LogP contribution in [-0.4, -0.2) is 14.5 Å². The molecule has 0 amide bonds. The fourth-order valence-corrected chi connectivity index (χ4v) is 4.68. The second-order valence-corrected chi connectivity index (χ2v) is 8.35. The van der Waals surface area contributed by atoms with Crippen molar-refractivity contribution in [1.82, 2.24) is 0 Å². The molecule has 0 aliphatic rings. The van der Waals surface area contributed by atoms with Gasteiger partial charge < -0.3 is 1.43 Å². The Labute approximate surface area is 169 Å². The van der Waals surface area contributed by atoms with E-state index in [1.165, 1.54) is 0 Å². The molecule has 0 unspecified atom stereocenters. The number of benzene rings is 2. The summed E-state index contributed by atoms with van der Waals surface area (Å²) in [5.74, 6) is 0.336. The van der Waals surface area contributed by atoms with Gasteiger partial charge in [-0.05, 0) is 42.2 Å². The van der Waals surface area contributed by atoms with Crippen LogP contribution in [0, 0.1) is 0 Å². The smallest absolute Gasteiger partial charge is 1.00 e. The third-order valence-electron chi connectivity index (χ3n) is 3.84. The molecule has 0 atom stereocenters. The van der Waals surface area contributed by atoms with Crippen LogP contribution in [-0.2, 0) is 14.3 Å². The molecular formula is C19H27NaO3S. The zero-order chi connectivity index (χ0) is 17.4. The second-order valence-electron chi connectivity index (χ2n) is 6.84. The van der Waals surface area contributed by atoms with E-state index in [1.54, 1.807) is 13.8 Å². The summed E-state index contributed by atoms with van der Waals surface area (Å²) in [6.45, 7) is 11.7. The molecule has 0 aromatic heterocycles. The SMILES string of the molecule is CC(C)OS(=O)(=O)c1c(C(C)C)c(C(C)C)cc2ccccc12.[H-].[Na+]. The van der Waals surface area contributed by atoms with Crippen LogP contribution in [0.1, 0.15) is 65.9 Å². The molecule has 5 heteroatoms. The third-order valence-corrected chi connectivity index (χ3v) is 5.42. The third kappa shape index (κ3) is 4.41. The van der Waals surface area contributed by atoms with E-state index in [0.717, 1.165) is 21.9 Å². The van der Waals surface area contributed by atoms with Gasteiger partial charge >= 0.3 is 29.6 Å². The topological polar surface area (TPSA) is 43.4 Å². The van der Waals surface area contributed by atoms with Crippen LogP contribution in [0.3, 0.4) is 0 Å². The van der Waals surface area contributed by atoms with Crippen LogP contribution >= 0.6 is 0 Å². The first kappa shape index (κ1) is 21.7. The summed E-state index contributed by atoms with van der Waals surface area (Å²) >= 11 is 0. The zero-order valence-corrected chi connectivity index (χ0v) is 18.6. The summed E-state index contributed by atoms with van der Waals surface area (Å²) in [6, 6.07) is 9.74. The van der Waals surface area contributed by atoms with Crippen molar-refractivity contribution in [1.29, 1.82) is 0 Å². The van der Waals surface area contributed by atoms with Crippen LogP contribution in [0.4, 0.5) is 0 Å². The van der Waals surface area contributed by atoms with Crippen LogP contribution in [0.25, 0.3) is 10.8 Å². The van der Waals surface area contributed by atoms with Gasteiger partial charge in [-0.15, -0.1) is 0 Å². The minimum Gasteiger partial charge on any atom is -1.00 e. The second kappa shape index (κ2) is 8.33. The number of hydrogen-bond acceptors (Lipinski definition) is 3. The minimum atomic E-state index is -3.82. The van der Waals surface area contributed by atoms with Crippen LogP contribution in [0.5, 0.6) is 0 Å². The van der Waals surface area contributed by atoms with Gasteiger partial charge in [0.05, 0.1) is 6.10 Å². The first-order valence-corrected chi connectivity index (χ1v) is 9.54. The maximum absolute atomic E-state index is 12.9. The van der Waals surface area contributed by atoms with Gasteiger partial charge in [0.15, 0.2) is 0 Å². The van der Waals surface area contributed by atoms with Gasteiger partial charge in [0.2, 0.25) is 0 Å². The standard InChI is InChI=1S/C19H26O3S.Na.H/c1-12(2)17-11-15-9-7-8-10-16(15)19(18(17)13(3)4)23(20,21)22-14(5)6;;/h7-14H,1-6H3;;/q;+1;-1. The monoisotopic (exact) mass is 358 g/mol. The van der Waals surface area contributed by atoms with Crippen molar-refractivity contribution in [2.75, 3.05) is 0 Å². The normalized spacial score (nSPS) is 12.2. The Balaban J connectivity index is 0.00000288. The molecule has 0 aliphatic carbocycles. The summed E-state index contributed by atoms with van der Waals surface area (Å²) in [5.41, 5.74) is 1.95. The van der Waals surface area contributed by atoms with E-state index in [0.29, 0.717) is 4.90 Å². The molecule has 0 fully saturated rings. The summed E-state index contributed by atoms with van der Waals surface area (Å²) in [7, 11) is -3.82. The summed E-state index contributed by atoms with van der Waals surface area (Å²) in [6.07, 6.45) is -0.388. The Morgan fingerprint density at radius 3 is 2.04 bits per heavy atom. The van der Waals surface area contributed by atoms with E-state index < -0.39 is 10.1 Å². The van der Waals surface area contributed by atoms with E-state index in [-0.39, 0.29) is 48.9 Å². The zero-order valence-electron chi connectivity index (χ0n) is 16.8. The molecular weight excluding hydrogens is 331 g/mol. The predicted octanol–water partition coefficient (Wildman–Crippen LogP) is 2.32. The average Bonchev–Trinajstić information content (AvgIpc) is 2.43. The summed E-state index contributed by atoms with van der Waals surface area (Å²) in [5, 5.41) is 1.67. The van der Waals surface area contributed by atoms with Gasteiger partial charge in [0.25, 0.3) is 10.1 Å². The van der Waals surface area contributed by atoms with Crippen molar-refractivity contribution >= 4 is 20.9 Å². The van der Waals surface area contributed by atoms with Crippen molar-refractivity contribution in [2.45, 2.75) is 64.4 Å². The van der Waals surface area contributed by atoms with E-state index >= 15 is 0 Å². The Kier molecular flexibility index (Phi) is 7.51. The van der Waals surface area contributed by atoms with E-state index in [1.807, 2.05) is 38.1 Å². The van der Waals surface area contributed by atoms with Crippen molar-refractivity contribution in [2.24, 2.45) is 0 Å². The Morgan fingerprint density at radius 2 is 1.54 bits per heavy atom. The molecule has 2 aromatic carbocycles. The molecule has 24 heavy (non-hydrogen) atoms. The maximum Gasteiger partial charge on any atom is 1.00 e. The minimum absolute atomic E-state index is 0. The molecule has 0 radical (unpaired) electrons. The van der Waals surface area contributed by atoms with E-state index in [4.69, 9.17) is 4.18 Å². The Hall–Kier alpha value is -0.390. The van der Waals surface area contributed by atoms with Gasteiger partial charge in [-0.25, -0.2) is 0 Å². The summed E-state index contributed by atoms with van der Waals surface area (Å²) in [4.78, 5) is 0.336. The van der Waals surface area contributed by atoms with Crippen molar-refractivity contribution in [3.05, 3.63) is 41.5 Å². The molecule has 3 nitrogen and oxygen atoms in total. The predicted molar refractivity (Wildman–Crippen MR) is 96.6 cm³/mol. The fraction of sp³-hybridized carbons (Fsp3) is 0.474. The van der Waals surface area contributed by atoms with Crippen LogP contribution in [0.2, 0.25) is 0 Å². The molecule has 0 bridgehead atoms. The van der Waals surface area contributed by atoms with E-state index in [9.17, 15) is 8.42 Å². The first-order chi connectivity index (χ1) is 10.6. The van der Waals surface area contributed by atoms with Gasteiger partial charge in [0.1, 0.15) is 4.90 Å². The molecule has 2 aromatic rings. The van der Waals surface area contributed by atoms with Gasteiger partial charge in [0, 0.05) is 5.39 Å². The van der Waals surface area contributed by atoms with Crippen LogP contribution in [0.15, 0.2) is 35.2 Å². The number of hydrogen-bond donors (Lipinski definition) is 0. The molecule has 0 saturated heterocycles. The average molecular weight is 358 g/mol. The molecule has 0 heterocycles. The number of rotatable bonds is 5. The van der Waals surface area contributed by atoms with Gasteiger partial charge in [-0.1, -0.05) is 58.0 Å². The largest absolute Gasteiger partial charge is 1.00 e. The Bertz CT molecular complexity index is 815. The van der Waals surface area contributed by atoms with Crippen molar-refractivity contribution in [3.63, 3.8) is 0 Å². The maximum atomic E-state index is 12.9. The van der Waals surface area contributed by atoms with Gasteiger partial charge in [-0.3, -0.25) is 4.18 Å². The molecule has 0 aliphatic heterocycles. The quantitative estimate of drug-likeness (QED) is 0.609. The van der Waals surface area contributed by atoms with Gasteiger partial charge in [-0.2, -0.15) is 8.42 Å². The number of fused-ring (bicyclic) bond motifs is 1. The van der Waals surface area contributed by atoms with Crippen molar-refractivity contribution in [3.8, 4) is 0 Å². The summed E-state index contributed by atoms with van der Waals surface area (Å²) < 4.78 is 31.2. The molecule has 0 spiro atoms. The van der Waals surface area contributed by atoms with E-state index in [2.05, 4.69) is 19.9 Å². The first-order valence-electron chi connectivity index (χ1n) is 8.14. The molecule has 0 saturated carbocycles. The van der Waals surface area contributed by atoms with Crippen LogP contribution < -0.4 is 29.6 Å². The molecule has 2 rings (SSSR count). The molecule has 128 valence electrons. The fourth-order valence-electron chi connectivity index (χ4n) is 3.00. The molecule has 0 N–H and O–H groups in total. The Morgan fingerprint density at radius 1 is 0.958 bits per heavy atom.